The van der Waals surface area contributed by atoms with Crippen molar-refractivity contribution in [2.75, 3.05) is 13.1 Å². The molecule has 0 amide bonds. The first-order valence-electron chi connectivity index (χ1n) is 10.3. The number of hydrogen-bond donors (Lipinski definition) is 1. The zero-order valence-corrected chi connectivity index (χ0v) is 17.0. The normalized spacial score (nSPS) is 11.7. The van der Waals surface area contributed by atoms with Gasteiger partial charge < -0.3 is 4.98 Å². The van der Waals surface area contributed by atoms with E-state index < -0.39 is 0 Å². The molecule has 0 atom stereocenters. The van der Waals surface area contributed by atoms with Gasteiger partial charge in [-0.1, -0.05) is 90.5 Å². The highest BCUT2D eigenvalue weighted by Gasteiger charge is 2.08. The van der Waals surface area contributed by atoms with Gasteiger partial charge >= 0.3 is 0 Å². The number of aromatic amines is 1. The summed E-state index contributed by atoms with van der Waals surface area (Å²) >= 11 is 0. The first-order valence-corrected chi connectivity index (χ1v) is 10.3. The summed E-state index contributed by atoms with van der Waals surface area (Å²) in [5.41, 5.74) is 6.53. The topological polar surface area (TPSA) is 19.0 Å². The second-order valence-corrected chi connectivity index (χ2v) is 7.65. The summed E-state index contributed by atoms with van der Waals surface area (Å²) in [5.74, 6) is 0. The summed E-state index contributed by atoms with van der Waals surface area (Å²) < 4.78 is 0. The van der Waals surface area contributed by atoms with Gasteiger partial charge in [-0.2, -0.15) is 0 Å². The molecule has 4 aromatic rings. The molecule has 146 valence electrons. The van der Waals surface area contributed by atoms with Gasteiger partial charge in [0.1, 0.15) is 0 Å². The van der Waals surface area contributed by atoms with E-state index in [0.717, 1.165) is 26.1 Å². The first kappa shape index (κ1) is 19.2. The molecule has 0 fully saturated rings. The van der Waals surface area contributed by atoms with Crippen molar-refractivity contribution in [2.45, 2.75) is 19.9 Å². The molecule has 1 aromatic heterocycles. The van der Waals surface area contributed by atoms with Crippen LogP contribution in [0.5, 0.6) is 0 Å². The molecule has 29 heavy (non-hydrogen) atoms. The van der Waals surface area contributed by atoms with Gasteiger partial charge in [0.25, 0.3) is 0 Å². The maximum absolute atomic E-state index is 3.40. The summed E-state index contributed by atoms with van der Waals surface area (Å²) in [7, 11) is 0. The predicted molar refractivity (Wildman–Crippen MR) is 124 cm³/mol. The molecular formula is C27H28N2. The quantitative estimate of drug-likeness (QED) is 0.384. The van der Waals surface area contributed by atoms with Gasteiger partial charge in [0.05, 0.1) is 0 Å². The number of benzene rings is 3. The molecule has 0 saturated heterocycles. The third-order valence-electron chi connectivity index (χ3n) is 5.34. The number of nitrogens with one attached hydrogen (secondary N) is 1. The zero-order valence-electron chi connectivity index (χ0n) is 17.0. The smallest absolute Gasteiger partial charge is 0.0456 e. The zero-order chi connectivity index (χ0) is 19.9. The van der Waals surface area contributed by atoms with Crippen LogP contribution >= 0.6 is 0 Å². The monoisotopic (exact) mass is 380 g/mol. The van der Waals surface area contributed by atoms with E-state index in [4.69, 9.17) is 0 Å². The lowest BCUT2D eigenvalue weighted by atomic mass is 10.1. The molecule has 0 aliphatic heterocycles. The summed E-state index contributed by atoms with van der Waals surface area (Å²) in [6.07, 6.45) is 7.71. The van der Waals surface area contributed by atoms with Gasteiger partial charge in [-0.15, -0.1) is 0 Å². The average molecular weight is 381 g/mol. The minimum atomic E-state index is 0.936. The molecule has 0 spiro atoms. The molecule has 0 bridgehead atoms. The fraction of sp³-hybridized carbons (Fsp3) is 0.185. The molecule has 1 heterocycles. The number of aromatic nitrogens is 1. The summed E-state index contributed by atoms with van der Waals surface area (Å²) in [4.78, 5) is 5.92. The first-order chi connectivity index (χ1) is 14.3. The number of rotatable bonds is 8. The number of hydrogen-bond acceptors (Lipinski definition) is 1. The Morgan fingerprint density at radius 1 is 0.897 bits per heavy atom. The van der Waals surface area contributed by atoms with E-state index in [1.807, 2.05) is 0 Å². The van der Waals surface area contributed by atoms with Crippen LogP contribution in [-0.4, -0.2) is 23.0 Å². The Bertz CT molecular complexity index is 1080. The van der Waals surface area contributed by atoms with Crippen LogP contribution in [0.15, 0.2) is 91.1 Å². The maximum atomic E-state index is 3.40. The highest BCUT2D eigenvalue weighted by atomic mass is 15.1. The summed E-state index contributed by atoms with van der Waals surface area (Å²) in [6, 6.07) is 27.9. The van der Waals surface area contributed by atoms with Crippen molar-refractivity contribution in [2.24, 2.45) is 0 Å². The fourth-order valence-electron chi connectivity index (χ4n) is 3.81. The molecule has 0 saturated carbocycles. The van der Waals surface area contributed by atoms with Crippen molar-refractivity contribution in [1.29, 1.82) is 0 Å². The van der Waals surface area contributed by atoms with Crippen LogP contribution < -0.4 is 0 Å². The minimum absolute atomic E-state index is 0.936. The SMILES string of the molecule is Cc1cccc(/C=C/CN(CCc2c[nH]c3ccccc23)Cc2ccccc2)c1. The van der Waals surface area contributed by atoms with E-state index in [9.17, 15) is 0 Å². The molecule has 1 N–H and O–H groups in total. The fourth-order valence-corrected chi connectivity index (χ4v) is 3.81. The van der Waals surface area contributed by atoms with Gasteiger partial charge in [-0.25, -0.2) is 0 Å². The molecule has 0 unspecified atom stereocenters. The summed E-state index contributed by atoms with van der Waals surface area (Å²) in [5, 5.41) is 1.34. The molecule has 0 radical (unpaired) electrons. The van der Waals surface area contributed by atoms with E-state index in [0.29, 0.717) is 0 Å². The van der Waals surface area contributed by atoms with Gasteiger partial charge in [0.15, 0.2) is 0 Å². The maximum Gasteiger partial charge on any atom is 0.0456 e. The lowest BCUT2D eigenvalue weighted by Crippen LogP contribution is -2.25. The van der Waals surface area contributed by atoms with Crippen LogP contribution in [0.1, 0.15) is 22.3 Å². The molecular weight excluding hydrogens is 352 g/mol. The molecule has 2 heteroatoms. The number of H-pyrrole nitrogens is 1. The van der Waals surface area contributed by atoms with E-state index in [-0.39, 0.29) is 0 Å². The second kappa shape index (κ2) is 9.40. The lowest BCUT2D eigenvalue weighted by Gasteiger charge is -2.21. The Morgan fingerprint density at radius 3 is 2.59 bits per heavy atom. The highest BCUT2D eigenvalue weighted by molar-refractivity contribution is 5.83. The number of aryl methyl sites for hydroxylation is 1. The third kappa shape index (κ3) is 5.24. The predicted octanol–water partition coefficient (Wildman–Crippen LogP) is 6.23. The Kier molecular flexibility index (Phi) is 6.23. The Hall–Kier alpha value is -3.10. The van der Waals surface area contributed by atoms with E-state index in [2.05, 4.69) is 114 Å². The Morgan fingerprint density at radius 2 is 1.72 bits per heavy atom. The lowest BCUT2D eigenvalue weighted by molar-refractivity contribution is 0.299. The highest BCUT2D eigenvalue weighted by Crippen LogP contribution is 2.19. The molecule has 3 aromatic carbocycles. The summed E-state index contributed by atoms with van der Waals surface area (Å²) in [6.45, 7) is 5.06. The van der Waals surface area contributed by atoms with Crippen molar-refractivity contribution in [3.63, 3.8) is 0 Å². The molecule has 4 rings (SSSR count). The average Bonchev–Trinajstić information content (AvgIpc) is 3.16. The van der Waals surface area contributed by atoms with Crippen LogP contribution in [0.4, 0.5) is 0 Å². The van der Waals surface area contributed by atoms with Crippen LogP contribution in [-0.2, 0) is 13.0 Å². The number of nitrogens with zero attached hydrogens (tertiary/aromatic N) is 1. The Labute approximate surface area is 173 Å². The molecule has 0 aliphatic carbocycles. The van der Waals surface area contributed by atoms with Crippen LogP contribution in [0.25, 0.3) is 17.0 Å². The van der Waals surface area contributed by atoms with E-state index in [1.54, 1.807) is 0 Å². The molecule has 2 nitrogen and oxygen atoms in total. The standard InChI is InChI=1S/C27H28N2/c1-22-9-7-12-23(19-22)13-8-17-29(21-24-10-3-2-4-11-24)18-16-25-20-28-27-15-6-5-14-26(25)27/h2-15,19-20,28H,16-18,21H2,1H3/b13-8+. The van der Waals surface area contributed by atoms with Gasteiger partial charge in [0, 0.05) is 36.7 Å². The van der Waals surface area contributed by atoms with Crippen molar-refractivity contribution in [3.05, 3.63) is 113 Å². The third-order valence-corrected chi connectivity index (χ3v) is 5.34. The largest absolute Gasteiger partial charge is 0.361 e. The number of para-hydroxylation sites is 1. The minimum Gasteiger partial charge on any atom is -0.361 e. The van der Waals surface area contributed by atoms with Crippen LogP contribution in [0.2, 0.25) is 0 Å². The van der Waals surface area contributed by atoms with Crippen molar-refractivity contribution in [1.82, 2.24) is 9.88 Å². The Balaban J connectivity index is 1.45. The van der Waals surface area contributed by atoms with Crippen LogP contribution in [0, 0.1) is 6.92 Å². The van der Waals surface area contributed by atoms with E-state index >= 15 is 0 Å². The van der Waals surface area contributed by atoms with Gasteiger partial charge in [-0.3, -0.25) is 4.90 Å². The van der Waals surface area contributed by atoms with Crippen molar-refractivity contribution >= 4 is 17.0 Å². The van der Waals surface area contributed by atoms with E-state index in [1.165, 1.54) is 33.2 Å². The van der Waals surface area contributed by atoms with Crippen molar-refractivity contribution in [3.8, 4) is 0 Å². The van der Waals surface area contributed by atoms with Crippen LogP contribution in [0.3, 0.4) is 0 Å². The van der Waals surface area contributed by atoms with Gasteiger partial charge in [-0.05, 0) is 36.1 Å². The number of fused-ring (bicyclic) bond motifs is 1. The second-order valence-electron chi connectivity index (χ2n) is 7.65. The van der Waals surface area contributed by atoms with Crippen molar-refractivity contribution < 1.29 is 0 Å². The van der Waals surface area contributed by atoms with Gasteiger partial charge in [0.2, 0.25) is 0 Å². The molecule has 0 aliphatic rings.